The predicted octanol–water partition coefficient (Wildman–Crippen LogP) is 1.70. The number of nitrogens with zero attached hydrogens (tertiary/aromatic N) is 3. The Kier molecular flexibility index (Phi) is 1.02. The summed E-state index contributed by atoms with van der Waals surface area (Å²) in [6, 6.07) is 3.25. The van der Waals surface area contributed by atoms with Crippen LogP contribution in [0, 0.1) is 0 Å². The van der Waals surface area contributed by atoms with Crippen LogP contribution < -0.4 is 5.73 Å². The Labute approximate surface area is 90.6 Å². The van der Waals surface area contributed by atoms with Crippen LogP contribution in [0.25, 0.3) is 21.9 Å². The molecule has 2 aromatic heterocycles. The summed E-state index contributed by atoms with van der Waals surface area (Å²) in [6.45, 7) is 0. The molecular weight excluding hydrogens is 188 g/mol. The van der Waals surface area contributed by atoms with Crippen molar-refractivity contribution in [2.75, 3.05) is 5.73 Å². The number of hydrogen-bond donors (Lipinski definition) is 1. The molecule has 1 aromatic carbocycles. The highest BCUT2D eigenvalue weighted by atomic mass is 15.1. The van der Waals surface area contributed by atoms with Gasteiger partial charge in [-0.25, -0.2) is 4.98 Å². The molecule has 0 spiro atoms. The largest absolute Gasteiger partial charge is 0.369 e. The summed E-state index contributed by atoms with van der Waals surface area (Å²) in [7, 11) is 1.71. The van der Waals surface area contributed by atoms with Crippen molar-refractivity contribution in [2.45, 2.75) is 0 Å². The van der Waals surface area contributed by atoms with Crippen LogP contribution in [0.2, 0.25) is 0 Å². The maximum atomic E-state index is 7.99. The summed E-state index contributed by atoms with van der Waals surface area (Å²) in [6.07, 6.45) is 0.0682. The SMILES string of the molecule is [2H]c1ccc2c(n1)c([2H])c([2H])c1c2nc(N)n1C. The molecule has 4 heteroatoms. The van der Waals surface area contributed by atoms with Gasteiger partial charge in [0, 0.05) is 18.6 Å². The average molecular weight is 201 g/mol. The summed E-state index contributed by atoms with van der Waals surface area (Å²) in [4.78, 5) is 8.20. The van der Waals surface area contributed by atoms with Crippen molar-refractivity contribution in [1.82, 2.24) is 14.5 Å². The quantitative estimate of drug-likeness (QED) is 0.602. The molecule has 74 valence electrons. The van der Waals surface area contributed by atoms with Crippen LogP contribution in [-0.2, 0) is 7.05 Å². The van der Waals surface area contributed by atoms with Crippen molar-refractivity contribution in [1.29, 1.82) is 0 Å². The number of anilines is 1. The Morgan fingerprint density at radius 3 is 3.20 bits per heavy atom. The number of nitrogens with two attached hydrogens (primary N) is 1. The Morgan fingerprint density at radius 1 is 1.47 bits per heavy atom. The van der Waals surface area contributed by atoms with Crippen LogP contribution >= 0.6 is 0 Å². The number of fused-ring (bicyclic) bond motifs is 3. The second-order valence-corrected chi connectivity index (χ2v) is 3.31. The summed E-state index contributed by atoms with van der Waals surface area (Å²) >= 11 is 0. The Bertz CT molecular complexity index is 794. The van der Waals surface area contributed by atoms with Crippen molar-refractivity contribution in [3.05, 3.63) is 30.4 Å². The lowest BCUT2D eigenvalue weighted by Gasteiger charge is -1.98. The number of hydrogen-bond acceptors (Lipinski definition) is 3. The van der Waals surface area contributed by atoms with Crippen LogP contribution in [0.4, 0.5) is 5.95 Å². The van der Waals surface area contributed by atoms with Crippen molar-refractivity contribution in [3.8, 4) is 0 Å². The van der Waals surface area contributed by atoms with E-state index >= 15 is 0 Å². The molecular formula is C11H10N4. The molecule has 0 saturated carbocycles. The van der Waals surface area contributed by atoms with E-state index in [-0.39, 0.29) is 18.3 Å². The minimum Gasteiger partial charge on any atom is -0.369 e. The molecule has 0 atom stereocenters. The van der Waals surface area contributed by atoms with E-state index in [0.29, 0.717) is 27.9 Å². The highest BCUT2D eigenvalue weighted by Crippen LogP contribution is 2.24. The second-order valence-electron chi connectivity index (χ2n) is 3.31. The lowest BCUT2D eigenvalue weighted by Crippen LogP contribution is -1.95. The summed E-state index contributed by atoms with van der Waals surface area (Å²) < 4.78 is 25.0. The summed E-state index contributed by atoms with van der Waals surface area (Å²) in [5, 5.41) is 0.648. The smallest absolute Gasteiger partial charge is 0.200 e. The van der Waals surface area contributed by atoms with Gasteiger partial charge in [0.05, 0.1) is 15.1 Å². The Hall–Kier alpha value is -2.10. The number of aromatic nitrogens is 3. The maximum absolute atomic E-state index is 7.99. The molecule has 0 aliphatic rings. The van der Waals surface area contributed by atoms with E-state index in [9.17, 15) is 0 Å². The minimum absolute atomic E-state index is 0.00500. The van der Waals surface area contributed by atoms with Crippen molar-refractivity contribution in [2.24, 2.45) is 7.05 Å². The van der Waals surface area contributed by atoms with Crippen molar-refractivity contribution in [3.63, 3.8) is 0 Å². The van der Waals surface area contributed by atoms with Gasteiger partial charge in [-0.15, -0.1) is 0 Å². The maximum Gasteiger partial charge on any atom is 0.200 e. The molecule has 0 radical (unpaired) electrons. The third-order valence-corrected chi connectivity index (χ3v) is 2.44. The summed E-state index contributed by atoms with van der Waals surface area (Å²) in [5.41, 5.74) is 7.13. The van der Waals surface area contributed by atoms with E-state index in [0.717, 1.165) is 0 Å². The highest BCUT2D eigenvalue weighted by molar-refractivity contribution is 6.03. The third-order valence-electron chi connectivity index (χ3n) is 2.44. The van der Waals surface area contributed by atoms with Gasteiger partial charge in [-0.1, -0.05) is 0 Å². The fraction of sp³-hybridized carbons (Fsp3) is 0.0909. The molecule has 0 fully saturated rings. The monoisotopic (exact) mass is 201 g/mol. The summed E-state index contributed by atoms with van der Waals surface area (Å²) in [5.74, 6) is 0.292. The van der Waals surface area contributed by atoms with Gasteiger partial charge in [-0.05, 0) is 24.2 Å². The molecule has 4 nitrogen and oxygen atoms in total. The van der Waals surface area contributed by atoms with E-state index in [1.54, 1.807) is 17.7 Å². The second kappa shape index (κ2) is 2.70. The highest BCUT2D eigenvalue weighted by Gasteiger charge is 2.07. The van der Waals surface area contributed by atoms with Gasteiger partial charge in [0.25, 0.3) is 0 Å². The number of pyridine rings is 1. The first-order valence-electron chi connectivity index (χ1n) is 5.99. The number of aryl methyl sites for hydroxylation is 1. The first kappa shape index (κ1) is 5.70. The van der Waals surface area contributed by atoms with E-state index in [2.05, 4.69) is 9.97 Å². The van der Waals surface area contributed by atoms with Gasteiger partial charge in [0.2, 0.25) is 5.95 Å². The van der Waals surface area contributed by atoms with Crippen LogP contribution in [-0.4, -0.2) is 14.5 Å². The van der Waals surface area contributed by atoms with Crippen LogP contribution in [0.1, 0.15) is 4.11 Å². The molecule has 0 amide bonds. The molecule has 0 saturated heterocycles. The minimum atomic E-state index is -0.00500. The standard InChI is InChI=1S/C11H10N4/c1-15-9-5-4-8-7(3-2-6-13-8)10(9)14-11(15)12/h2-6H,1H3,(H2,12,14)/i4D,5D,6D. The van der Waals surface area contributed by atoms with Crippen LogP contribution in [0.15, 0.2) is 30.4 Å². The van der Waals surface area contributed by atoms with E-state index in [1.807, 2.05) is 0 Å². The fourth-order valence-electron chi connectivity index (χ4n) is 1.61. The molecule has 2 N–H and O–H groups in total. The molecule has 0 aliphatic carbocycles. The molecule has 3 aromatic rings. The predicted molar refractivity (Wildman–Crippen MR) is 60.4 cm³/mol. The zero-order valence-electron chi connectivity index (χ0n) is 11.1. The van der Waals surface area contributed by atoms with Crippen molar-refractivity contribution < 1.29 is 4.11 Å². The zero-order valence-corrected chi connectivity index (χ0v) is 8.07. The number of imidazole rings is 1. The first-order chi connectivity index (χ1) is 8.50. The van der Waals surface area contributed by atoms with E-state index in [4.69, 9.17) is 9.85 Å². The van der Waals surface area contributed by atoms with Gasteiger partial charge >= 0.3 is 0 Å². The Balaban J connectivity index is 2.66. The lowest BCUT2D eigenvalue weighted by atomic mass is 10.2. The van der Waals surface area contributed by atoms with Gasteiger partial charge in [-0.3, -0.25) is 4.98 Å². The van der Waals surface area contributed by atoms with Gasteiger partial charge in [-0.2, -0.15) is 0 Å². The van der Waals surface area contributed by atoms with Crippen LogP contribution in [0.5, 0.6) is 0 Å². The Morgan fingerprint density at radius 2 is 2.33 bits per heavy atom. The zero-order chi connectivity index (χ0) is 13.0. The first-order valence-corrected chi connectivity index (χ1v) is 4.49. The van der Waals surface area contributed by atoms with E-state index < -0.39 is 0 Å². The molecule has 2 heterocycles. The average Bonchev–Trinajstić information content (AvgIpc) is 2.63. The van der Waals surface area contributed by atoms with Crippen molar-refractivity contribution >= 4 is 27.9 Å². The lowest BCUT2D eigenvalue weighted by molar-refractivity contribution is 0.965. The number of benzene rings is 1. The number of rotatable bonds is 0. The van der Waals surface area contributed by atoms with Gasteiger partial charge in [0.15, 0.2) is 0 Å². The normalized spacial score (nSPS) is 14.1. The molecule has 3 rings (SSSR count). The molecule has 15 heavy (non-hydrogen) atoms. The molecule has 0 unspecified atom stereocenters. The number of nitrogen functional groups attached to an aromatic ring is 1. The topological polar surface area (TPSA) is 56.7 Å². The van der Waals surface area contributed by atoms with Gasteiger partial charge in [0.1, 0.15) is 5.52 Å². The van der Waals surface area contributed by atoms with Gasteiger partial charge < -0.3 is 10.3 Å². The van der Waals surface area contributed by atoms with Crippen LogP contribution in [0.3, 0.4) is 0 Å². The van der Waals surface area contributed by atoms with E-state index in [1.165, 1.54) is 6.07 Å². The molecule has 0 aliphatic heterocycles. The molecule has 0 bridgehead atoms. The fourth-order valence-corrected chi connectivity index (χ4v) is 1.61. The third kappa shape index (κ3) is 1.01.